The van der Waals surface area contributed by atoms with Gasteiger partial charge in [-0.3, -0.25) is 14.0 Å². The average molecular weight is 360 g/mol. The summed E-state index contributed by atoms with van der Waals surface area (Å²) in [7, 11) is 1.87. The van der Waals surface area contributed by atoms with Gasteiger partial charge in [0.2, 0.25) is 5.91 Å². The zero-order valence-electron chi connectivity index (χ0n) is 15.0. The van der Waals surface area contributed by atoms with Crippen molar-refractivity contribution in [2.45, 2.75) is 19.4 Å². The minimum atomic E-state index is 0.00384. The molecule has 7 heteroatoms. The normalized spacial score (nSPS) is 11.0. The summed E-state index contributed by atoms with van der Waals surface area (Å²) in [5, 5.41) is 7.11. The van der Waals surface area contributed by atoms with E-state index in [0.29, 0.717) is 19.4 Å². The third-order valence-corrected chi connectivity index (χ3v) is 4.42. The van der Waals surface area contributed by atoms with Crippen molar-refractivity contribution in [1.82, 2.24) is 29.6 Å². The van der Waals surface area contributed by atoms with Gasteiger partial charge >= 0.3 is 0 Å². The Morgan fingerprint density at radius 2 is 2.04 bits per heavy atom. The first-order valence-corrected chi connectivity index (χ1v) is 8.81. The van der Waals surface area contributed by atoms with E-state index in [0.717, 1.165) is 28.0 Å². The van der Waals surface area contributed by atoms with E-state index < -0.39 is 0 Å². The molecule has 3 aromatic heterocycles. The van der Waals surface area contributed by atoms with E-state index in [-0.39, 0.29) is 5.91 Å². The quantitative estimate of drug-likeness (QED) is 0.573. The Balaban J connectivity index is 1.46. The number of pyridine rings is 1. The van der Waals surface area contributed by atoms with Crippen LogP contribution >= 0.6 is 0 Å². The van der Waals surface area contributed by atoms with Crippen molar-refractivity contribution >= 4 is 16.9 Å². The second-order valence-electron chi connectivity index (χ2n) is 6.39. The monoisotopic (exact) mass is 360 g/mol. The van der Waals surface area contributed by atoms with Crippen LogP contribution in [0.25, 0.3) is 16.9 Å². The molecule has 0 unspecified atom stereocenters. The molecule has 1 amide bonds. The minimum Gasteiger partial charge on any atom is -0.352 e. The van der Waals surface area contributed by atoms with Gasteiger partial charge in [-0.2, -0.15) is 5.10 Å². The van der Waals surface area contributed by atoms with Crippen LogP contribution in [0.2, 0.25) is 0 Å². The lowest BCUT2D eigenvalue weighted by atomic mass is 10.2. The van der Waals surface area contributed by atoms with Gasteiger partial charge in [-0.25, -0.2) is 9.97 Å². The van der Waals surface area contributed by atoms with Crippen molar-refractivity contribution in [3.8, 4) is 5.82 Å². The third kappa shape index (κ3) is 3.72. The Morgan fingerprint density at radius 3 is 2.89 bits per heavy atom. The minimum absolute atomic E-state index is 0.00384. The topological polar surface area (TPSA) is 77.6 Å². The first-order valence-electron chi connectivity index (χ1n) is 8.81. The van der Waals surface area contributed by atoms with Crippen LogP contribution in [0.15, 0.2) is 61.3 Å². The predicted molar refractivity (Wildman–Crippen MR) is 102 cm³/mol. The molecule has 1 aromatic carbocycles. The molecule has 0 saturated carbocycles. The van der Waals surface area contributed by atoms with Crippen LogP contribution in [-0.2, 0) is 24.8 Å². The van der Waals surface area contributed by atoms with Crippen molar-refractivity contribution in [3.05, 3.63) is 72.4 Å². The molecule has 27 heavy (non-hydrogen) atoms. The van der Waals surface area contributed by atoms with Gasteiger partial charge in [-0.05, 0) is 30.2 Å². The smallest absolute Gasteiger partial charge is 0.220 e. The highest BCUT2D eigenvalue weighted by molar-refractivity contribution is 5.78. The van der Waals surface area contributed by atoms with E-state index in [2.05, 4.69) is 20.4 Å². The largest absolute Gasteiger partial charge is 0.352 e. The second-order valence-corrected chi connectivity index (χ2v) is 6.39. The summed E-state index contributed by atoms with van der Waals surface area (Å²) in [6.45, 7) is 0.418. The predicted octanol–water partition coefficient (Wildman–Crippen LogP) is 2.40. The Labute approximate surface area is 156 Å². The number of hydrogen-bond acceptors (Lipinski definition) is 4. The van der Waals surface area contributed by atoms with E-state index in [9.17, 15) is 4.79 Å². The number of amides is 1. The van der Waals surface area contributed by atoms with Crippen LogP contribution in [0.5, 0.6) is 0 Å². The standard InChI is InChI=1S/C20H20N6O/c1-25-13-15(11-24-25)8-9-19(27)22-12-16-5-4-10-21-20(16)26-14-23-17-6-2-3-7-18(17)26/h2-7,10-11,13-14H,8-9,12H2,1H3,(H,22,27). The van der Waals surface area contributed by atoms with Crippen molar-refractivity contribution < 1.29 is 4.79 Å². The van der Waals surface area contributed by atoms with E-state index in [4.69, 9.17) is 0 Å². The Hall–Kier alpha value is -3.48. The SMILES string of the molecule is Cn1cc(CCC(=O)NCc2cccnc2-n2cnc3ccccc32)cn1. The zero-order chi connectivity index (χ0) is 18.6. The maximum Gasteiger partial charge on any atom is 0.220 e. The van der Waals surface area contributed by atoms with Crippen LogP contribution < -0.4 is 5.32 Å². The van der Waals surface area contributed by atoms with Crippen LogP contribution in [0.4, 0.5) is 0 Å². The number of nitrogens with zero attached hydrogens (tertiary/aromatic N) is 5. The molecule has 7 nitrogen and oxygen atoms in total. The molecule has 0 bridgehead atoms. The number of carbonyl (C=O) groups is 1. The molecular weight excluding hydrogens is 340 g/mol. The highest BCUT2D eigenvalue weighted by Gasteiger charge is 2.11. The molecule has 4 aromatic rings. The van der Waals surface area contributed by atoms with E-state index in [1.807, 2.05) is 54.2 Å². The fourth-order valence-corrected chi connectivity index (χ4v) is 3.05. The Morgan fingerprint density at radius 1 is 1.15 bits per heavy atom. The van der Waals surface area contributed by atoms with Gasteiger partial charge < -0.3 is 5.32 Å². The molecule has 4 rings (SSSR count). The van der Waals surface area contributed by atoms with Crippen LogP contribution in [0.1, 0.15) is 17.5 Å². The maximum absolute atomic E-state index is 12.2. The number of aromatic nitrogens is 5. The number of nitrogens with one attached hydrogen (secondary N) is 1. The van der Waals surface area contributed by atoms with Gasteiger partial charge in [0.15, 0.2) is 0 Å². The number of rotatable bonds is 6. The second kappa shape index (κ2) is 7.41. The molecule has 0 spiro atoms. The third-order valence-electron chi connectivity index (χ3n) is 4.42. The molecule has 0 aliphatic rings. The zero-order valence-corrected chi connectivity index (χ0v) is 15.0. The summed E-state index contributed by atoms with van der Waals surface area (Å²) in [4.78, 5) is 21.2. The summed E-state index contributed by atoms with van der Waals surface area (Å²) in [6, 6.07) is 11.8. The van der Waals surface area contributed by atoms with E-state index >= 15 is 0 Å². The first kappa shape index (κ1) is 17.0. The molecule has 0 atom stereocenters. The van der Waals surface area contributed by atoms with Gasteiger partial charge in [0.05, 0.1) is 17.2 Å². The van der Waals surface area contributed by atoms with E-state index in [1.165, 1.54) is 0 Å². The van der Waals surface area contributed by atoms with Crippen molar-refractivity contribution in [3.63, 3.8) is 0 Å². The lowest BCUT2D eigenvalue weighted by Gasteiger charge is -2.11. The molecule has 0 aliphatic carbocycles. The number of para-hydroxylation sites is 2. The fraction of sp³-hybridized carbons (Fsp3) is 0.200. The molecule has 0 saturated heterocycles. The number of fused-ring (bicyclic) bond motifs is 1. The highest BCUT2D eigenvalue weighted by atomic mass is 16.1. The van der Waals surface area contributed by atoms with Gasteiger partial charge in [0, 0.05) is 38.0 Å². The van der Waals surface area contributed by atoms with Gasteiger partial charge in [0.1, 0.15) is 12.1 Å². The van der Waals surface area contributed by atoms with Crippen LogP contribution in [-0.4, -0.2) is 30.2 Å². The van der Waals surface area contributed by atoms with Crippen molar-refractivity contribution in [2.24, 2.45) is 7.05 Å². The van der Waals surface area contributed by atoms with Crippen LogP contribution in [0.3, 0.4) is 0 Å². The number of hydrogen-bond donors (Lipinski definition) is 1. The lowest BCUT2D eigenvalue weighted by molar-refractivity contribution is -0.121. The fourth-order valence-electron chi connectivity index (χ4n) is 3.05. The van der Waals surface area contributed by atoms with Gasteiger partial charge in [-0.15, -0.1) is 0 Å². The van der Waals surface area contributed by atoms with Crippen molar-refractivity contribution in [2.75, 3.05) is 0 Å². The molecule has 0 aliphatic heterocycles. The van der Waals surface area contributed by atoms with Gasteiger partial charge in [-0.1, -0.05) is 18.2 Å². The molecule has 1 N–H and O–H groups in total. The van der Waals surface area contributed by atoms with Crippen LogP contribution in [0, 0.1) is 0 Å². The summed E-state index contributed by atoms with van der Waals surface area (Å²) in [6.07, 6.45) is 8.33. The molecule has 136 valence electrons. The van der Waals surface area contributed by atoms with Crippen molar-refractivity contribution in [1.29, 1.82) is 0 Å². The summed E-state index contributed by atoms with van der Waals surface area (Å²) >= 11 is 0. The average Bonchev–Trinajstić information content (AvgIpc) is 3.31. The summed E-state index contributed by atoms with van der Waals surface area (Å²) in [5.41, 5.74) is 3.89. The first-order chi connectivity index (χ1) is 13.2. The number of imidazole rings is 1. The summed E-state index contributed by atoms with van der Waals surface area (Å²) in [5.74, 6) is 0.780. The van der Waals surface area contributed by atoms with E-state index in [1.54, 1.807) is 23.4 Å². The maximum atomic E-state index is 12.2. The highest BCUT2D eigenvalue weighted by Crippen LogP contribution is 2.19. The Kier molecular flexibility index (Phi) is 4.65. The summed E-state index contributed by atoms with van der Waals surface area (Å²) < 4.78 is 3.69. The lowest BCUT2D eigenvalue weighted by Crippen LogP contribution is -2.24. The number of aryl methyl sites for hydroxylation is 2. The van der Waals surface area contributed by atoms with Gasteiger partial charge in [0.25, 0.3) is 0 Å². The molecule has 0 radical (unpaired) electrons. The molecular formula is C20H20N6O. The number of benzene rings is 1. The number of carbonyl (C=O) groups excluding carboxylic acids is 1. The molecule has 3 heterocycles. The Bertz CT molecular complexity index is 1080. The molecule has 0 fully saturated rings.